The number of likely N-dealkylation sites (N-methyl/N-ethyl adjacent to an activating group) is 1. The Hall–Kier alpha value is -0.730. The van der Waals surface area contributed by atoms with E-state index in [9.17, 15) is 4.79 Å². The van der Waals surface area contributed by atoms with Gasteiger partial charge in [-0.3, -0.25) is 4.79 Å². The van der Waals surface area contributed by atoms with Crippen molar-refractivity contribution < 1.29 is 4.79 Å². The molecule has 0 N–H and O–H groups in total. The average molecular weight is 258 g/mol. The van der Waals surface area contributed by atoms with Crippen LogP contribution in [0.15, 0.2) is 18.2 Å². The van der Waals surface area contributed by atoms with Crippen LogP contribution in [0, 0.1) is 0 Å². The Labute approximate surface area is 105 Å². The molecular formula is C12H13Cl2NO. The lowest BCUT2D eigenvalue weighted by Gasteiger charge is -2.17. The molecule has 1 fully saturated rings. The second-order valence-corrected chi connectivity index (χ2v) is 4.93. The zero-order valence-corrected chi connectivity index (χ0v) is 10.6. The number of hydrogen-bond acceptors (Lipinski definition) is 1. The molecule has 2 rings (SSSR count). The van der Waals surface area contributed by atoms with E-state index in [2.05, 4.69) is 0 Å². The molecule has 0 unspecified atom stereocenters. The molecule has 1 saturated carbocycles. The van der Waals surface area contributed by atoms with Crippen molar-refractivity contribution >= 4 is 29.1 Å². The smallest absolute Gasteiger partial charge is 0.227 e. The van der Waals surface area contributed by atoms with Crippen molar-refractivity contribution in [3.63, 3.8) is 0 Å². The molecule has 0 saturated heterocycles. The van der Waals surface area contributed by atoms with Crippen molar-refractivity contribution in [1.82, 2.24) is 4.90 Å². The first-order valence-corrected chi connectivity index (χ1v) is 6.03. The maximum Gasteiger partial charge on any atom is 0.227 e. The van der Waals surface area contributed by atoms with E-state index in [0.717, 1.165) is 18.4 Å². The predicted octanol–water partition coefficient (Wildman–Crippen LogP) is 3.16. The quantitative estimate of drug-likeness (QED) is 0.815. The molecule has 86 valence electrons. The normalized spacial score (nSPS) is 14.9. The van der Waals surface area contributed by atoms with E-state index in [-0.39, 0.29) is 12.3 Å². The van der Waals surface area contributed by atoms with Crippen LogP contribution in [-0.4, -0.2) is 23.9 Å². The highest BCUT2D eigenvalue weighted by Crippen LogP contribution is 2.28. The van der Waals surface area contributed by atoms with Crippen molar-refractivity contribution in [2.45, 2.75) is 25.3 Å². The highest BCUT2D eigenvalue weighted by Gasteiger charge is 2.29. The molecule has 0 heterocycles. The number of hydrogen-bond donors (Lipinski definition) is 0. The summed E-state index contributed by atoms with van der Waals surface area (Å²) >= 11 is 12.0. The van der Waals surface area contributed by atoms with Gasteiger partial charge in [-0.2, -0.15) is 0 Å². The highest BCUT2D eigenvalue weighted by molar-refractivity contribution is 6.36. The third kappa shape index (κ3) is 2.50. The third-order valence-corrected chi connectivity index (χ3v) is 3.59. The largest absolute Gasteiger partial charge is 0.342 e. The van der Waals surface area contributed by atoms with Gasteiger partial charge in [0, 0.05) is 23.1 Å². The Bertz CT molecular complexity index is 395. The Morgan fingerprint density at radius 1 is 1.38 bits per heavy atom. The Kier molecular flexibility index (Phi) is 3.41. The number of carbonyl (C=O) groups excluding carboxylic acids is 1. The Balaban J connectivity index is 2.10. The fraction of sp³-hybridized carbons (Fsp3) is 0.417. The van der Waals surface area contributed by atoms with Gasteiger partial charge in [-0.05, 0) is 30.5 Å². The summed E-state index contributed by atoms with van der Waals surface area (Å²) in [4.78, 5) is 13.7. The lowest BCUT2D eigenvalue weighted by Crippen LogP contribution is -2.30. The van der Waals surface area contributed by atoms with Crippen LogP contribution in [0.4, 0.5) is 0 Å². The van der Waals surface area contributed by atoms with Crippen molar-refractivity contribution in [1.29, 1.82) is 0 Å². The second kappa shape index (κ2) is 4.64. The van der Waals surface area contributed by atoms with Gasteiger partial charge in [0.1, 0.15) is 0 Å². The van der Waals surface area contributed by atoms with E-state index in [4.69, 9.17) is 23.2 Å². The van der Waals surface area contributed by atoms with Crippen molar-refractivity contribution in [2.24, 2.45) is 0 Å². The molecule has 2 nitrogen and oxygen atoms in total. The van der Waals surface area contributed by atoms with Gasteiger partial charge in [-0.25, -0.2) is 0 Å². The summed E-state index contributed by atoms with van der Waals surface area (Å²) in [7, 11) is 1.84. The zero-order valence-electron chi connectivity index (χ0n) is 9.04. The van der Waals surface area contributed by atoms with E-state index < -0.39 is 0 Å². The molecule has 0 aromatic heterocycles. The Morgan fingerprint density at radius 3 is 2.44 bits per heavy atom. The van der Waals surface area contributed by atoms with Crippen LogP contribution in [0.5, 0.6) is 0 Å². The first-order valence-electron chi connectivity index (χ1n) is 5.28. The van der Waals surface area contributed by atoms with Gasteiger partial charge in [-0.15, -0.1) is 0 Å². The fourth-order valence-corrected chi connectivity index (χ4v) is 2.17. The lowest BCUT2D eigenvalue weighted by molar-refractivity contribution is -0.129. The molecule has 0 spiro atoms. The van der Waals surface area contributed by atoms with Crippen molar-refractivity contribution in [2.75, 3.05) is 7.05 Å². The van der Waals surface area contributed by atoms with Gasteiger partial charge < -0.3 is 4.90 Å². The molecule has 4 heteroatoms. The average Bonchev–Trinajstić information content (AvgIpc) is 3.06. The van der Waals surface area contributed by atoms with Gasteiger partial charge in [0.2, 0.25) is 5.91 Å². The van der Waals surface area contributed by atoms with E-state index in [1.807, 2.05) is 7.05 Å². The summed E-state index contributed by atoms with van der Waals surface area (Å²) in [6.45, 7) is 0. The van der Waals surface area contributed by atoms with Gasteiger partial charge in [-0.1, -0.05) is 29.3 Å². The fourth-order valence-electron chi connectivity index (χ4n) is 1.64. The van der Waals surface area contributed by atoms with E-state index in [1.54, 1.807) is 23.1 Å². The van der Waals surface area contributed by atoms with Crippen LogP contribution >= 0.6 is 23.2 Å². The van der Waals surface area contributed by atoms with Crippen LogP contribution in [0.2, 0.25) is 10.0 Å². The SMILES string of the molecule is CN(C(=O)Cc1c(Cl)cccc1Cl)C1CC1. The summed E-state index contributed by atoms with van der Waals surface area (Å²) in [6, 6.07) is 5.72. The Morgan fingerprint density at radius 2 is 1.94 bits per heavy atom. The molecule has 1 amide bonds. The summed E-state index contributed by atoms with van der Waals surface area (Å²) in [6.07, 6.45) is 2.50. The van der Waals surface area contributed by atoms with Gasteiger partial charge in [0.25, 0.3) is 0 Å². The van der Waals surface area contributed by atoms with Crippen LogP contribution < -0.4 is 0 Å². The van der Waals surface area contributed by atoms with Crippen LogP contribution in [0.3, 0.4) is 0 Å². The molecule has 1 aliphatic carbocycles. The highest BCUT2D eigenvalue weighted by atomic mass is 35.5. The predicted molar refractivity (Wildman–Crippen MR) is 66.0 cm³/mol. The summed E-state index contributed by atoms with van der Waals surface area (Å²) in [5, 5.41) is 1.12. The molecule has 1 aromatic rings. The van der Waals surface area contributed by atoms with Crippen LogP contribution in [0.1, 0.15) is 18.4 Å². The first-order chi connectivity index (χ1) is 7.59. The summed E-state index contributed by atoms with van der Waals surface area (Å²) in [5.74, 6) is 0.0810. The molecule has 1 aliphatic rings. The molecular weight excluding hydrogens is 245 g/mol. The van der Waals surface area contributed by atoms with E-state index >= 15 is 0 Å². The molecule has 0 radical (unpaired) electrons. The number of carbonyl (C=O) groups is 1. The monoisotopic (exact) mass is 257 g/mol. The molecule has 16 heavy (non-hydrogen) atoms. The molecule has 0 atom stereocenters. The van der Waals surface area contributed by atoms with Crippen molar-refractivity contribution in [3.05, 3.63) is 33.8 Å². The minimum absolute atomic E-state index is 0.0810. The molecule has 1 aromatic carbocycles. The maximum absolute atomic E-state index is 11.9. The second-order valence-electron chi connectivity index (χ2n) is 4.11. The van der Waals surface area contributed by atoms with Crippen molar-refractivity contribution in [3.8, 4) is 0 Å². The third-order valence-electron chi connectivity index (χ3n) is 2.88. The van der Waals surface area contributed by atoms with Crippen LogP contribution in [0.25, 0.3) is 0 Å². The zero-order chi connectivity index (χ0) is 11.7. The van der Waals surface area contributed by atoms with Gasteiger partial charge in [0.15, 0.2) is 0 Å². The minimum Gasteiger partial charge on any atom is -0.342 e. The number of nitrogens with zero attached hydrogens (tertiary/aromatic N) is 1. The summed E-state index contributed by atoms with van der Waals surface area (Å²) < 4.78 is 0. The minimum atomic E-state index is 0.0810. The van der Waals surface area contributed by atoms with Gasteiger partial charge in [0.05, 0.1) is 6.42 Å². The lowest BCUT2D eigenvalue weighted by atomic mass is 10.1. The maximum atomic E-state index is 11.9. The molecule has 0 bridgehead atoms. The number of halogens is 2. The van der Waals surface area contributed by atoms with E-state index in [1.165, 1.54) is 0 Å². The summed E-state index contributed by atoms with van der Waals surface area (Å²) in [5.41, 5.74) is 0.725. The standard InChI is InChI=1S/C12H13Cl2NO/c1-15(8-5-6-8)12(16)7-9-10(13)3-2-4-11(9)14/h2-4,8H,5-7H2,1H3. The topological polar surface area (TPSA) is 20.3 Å². The number of amides is 1. The van der Waals surface area contributed by atoms with Gasteiger partial charge >= 0.3 is 0 Å². The number of rotatable bonds is 3. The number of benzene rings is 1. The first kappa shape index (κ1) is 11.7. The van der Waals surface area contributed by atoms with E-state index in [0.29, 0.717) is 16.1 Å². The molecule has 0 aliphatic heterocycles. The van der Waals surface area contributed by atoms with Crippen LogP contribution in [-0.2, 0) is 11.2 Å².